The first kappa shape index (κ1) is 28.5. The molecule has 13 heteroatoms. The number of nitriles is 1. The van der Waals surface area contributed by atoms with Crippen LogP contribution < -0.4 is 10.6 Å². The van der Waals surface area contributed by atoms with Crippen LogP contribution in [0.4, 0.5) is 24.8 Å². The Kier molecular flexibility index (Phi) is 8.23. The van der Waals surface area contributed by atoms with Crippen molar-refractivity contribution in [1.82, 2.24) is 30.0 Å². The van der Waals surface area contributed by atoms with Crippen LogP contribution in [0.5, 0.6) is 0 Å². The molecule has 0 spiro atoms. The fourth-order valence-electron chi connectivity index (χ4n) is 5.01. The van der Waals surface area contributed by atoms with Crippen molar-refractivity contribution in [3.8, 4) is 17.3 Å². The van der Waals surface area contributed by atoms with Gasteiger partial charge in [-0.2, -0.15) is 23.5 Å². The molecule has 2 fully saturated rings. The number of nitrogens with one attached hydrogen (secondary N) is 2. The van der Waals surface area contributed by atoms with E-state index in [-0.39, 0.29) is 38.5 Å². The molecule has 3 heterocycles. The highest BCUT2D eigenvalue weighted by Gasteiger charge is 2.69. The summed E-state index contributed by atoms with van der Waals surface area (Å²) in [7, 11) is 0. The van der Waals surface area contributed by atoms with Crippen LogP contribution in [0.15, 0.2) is 42.9 Å². The minimum atomic E-state index is -4.49. The van der Waals surface area contributed by atoms with Gasteiger partial charge in [0.05, 0.1) is 49.6 Å². The predicted molar refractivity (Wildman–Crippen MR) is 144 cm³/mol. The third-order valence-corrected chi connectivity index (χ3v) is 7.56. The molecular formula is C28H31F3N8O2. The Balaban J connectivity index is 1.17. The number of carbonyl (C=O) groups excluding carboxylic acids is 1. The van der Waals surface area contributed by atoms with Gasteiger partial charge in [0.25, 0.3) is 0 Å². The van der Waals surface area contributed by atoms with Crippen LogP contribution in [0.3, 0.4) is 0 Å². The van der Waals surface area contributed by atoms with Crippen LogP contribution in [0.1, 0.15) is 42.9 Å². The summed E-state index contributed by atoms with van der Waals surface area (Å²) in [6, 6.07) is 9.84. The van der Waals surface area contributed by atoms with Crippen LogP contribution in [0.25, 0.3) is 11.3 Å². The molecule has 0 bridgehead atoms. The van der Waals surface area contributed by atoms with E-state index in [4.69, 9.17) is 15.0 Å². The molecule has 2 aliphatic rings. The third-order valence-electron chi connectivity index (χ3n) is 7.56. The molecule has 1 amide bonds. The number of likely N-dealkylation sites (tertiary alicyclic amines) is 1. The lowest BCUT2D eigenvalue weighted by Gasteiger charge is -2.35. The molecule has 1 saturated heterocycles. The van der Waals surface area contributed by atoms with Gasteiger partial charge in [0.1, 0.15) is 5.41 Å². The quantitative estimate of drug-likeness (QED) is 0.209. The predicted octanol–water partition coefficient (Wildman–Crippen LogP) is 4.49. The Hall–Kier alpha value is -4.02. The molecule has 1 aliphatic heterocycles. The zero-order valence-electron chi connectivity index (χ0n) is 22.6. The van der Waals surface area contributed by atoms with Crippen molar-refractivity contribution in [2.24, 2.45) is 5.41 Å². The fraction of sp³-hybridized carbons (Fsp3) is 0.464. The summed E-state index contributed by atoms with van der Waals surface area (Å²) in [6.07, 6.45) is 1.56. The van der Waals surface area contributed by atoms with Crippen LogP contribution in [-0.4, -0.2) is 63.1 Å². The summed E-state index contributed by atoms with van der Waals surface area (Å²) >= 11 is 0. The van der Waals surface area contributed by atoms with Crippen molar-refractivity contribution in [3.63, 3.8) is 0 Å². The van der Waals surface area contributed by atoms with E-state index >= 15 is 0 Å². The summed E-state index contributed by atoms with van der Waals surface area (Å²) in [4.78, 5) is 23.0. The number of rotatable bonds is 10. The lowest BCUT2D eigenvalue weighted by Crippen LogP contribution is -2.47. The second kappa shape index (κ2) is 11.8. The first-order valence-corrected chi connectivity index (χ1v) is 13.5. The fourth-order valence-corrected chi connectivity index (χ4v) is 5.01. The Labute approximate surface area is 235 Å². The zero-order chi connectivity index (χ0) is 29.0. The lowest BCUT2D eigenvalue weighted by atomic mass is 10.00. The molecule has 3 aromatic rings. The molecule has 5 rings (SSSR count). The van der Waals surface area contributed by atoms with E-state index in [2.05, 4.69) is 20.7 Å². The van der Waals surface area contributed by atoms with Gasteiger partial charge >= 0.3 is 6.18 Å². The molecule has 0 unspecified atom stereocenters. The van der Waals surface area contributed by atoms with Crippen molar-refractivity contribution in [2.75, 3.05) is 31.7 Å². The molecule has 0 atom stereocenters. The monoisotopic (exact) mass is 568 g/mol. The summed E-state index contributed by atoms with van der Waals surface area (Å²) in [5.41, 5.74) is 2.13. The van der Waals surface area contributed by atoms with Crippen LogP contribution in [0.2, 0.25) is 0 Å². The number of ether oxygens (including phenoxy) is 1. The second-order valence-electron chi connectivity index (χ2n) is 10.4. The number of hydrogen-bond donors (Lipinski definition) is 2. The second-order valence-corrected chi connectivity index (χ2v) is 10.4. The number of aromatic nitrogens is 4. The first-order chi connectivity index (χ1) is 19.7. The number of piperidine rings is 1. The maximum atomic E-state index is 13.4. The highest BCUT2D eigenvalue weighted by atomic mass is 19.4. The summed E-state index contributed by atoms with van der Waals surface area (Å²) in [5.74, 6) is -0.380. The molecule has 2 N–H and O–H groups in total. The maximum Gasteiger partial charge on any atom is 0.403 e. The molecule has 216 valence electrons. The van der Waals surface area contributed by atoms with Gasteiger partial charge in [0.2, 0.25) is 11.9 Å². The number of aryl methyl sites for hydroxylation is 1. The van der Waals surface area contributed by atoms with Gasteiger partial charge in [-0.15, -0.1) is 0 Å². The minimum absolute atomic E-state index is 0.0187. The van der Waals surface area contributed by atoms with Crippen molar-refractivity contribution < 1.29 is 22.7 Å². The summed E-state index contributed by atoms with van der Waals surface area (Å²) < 4.78 is 47.4. The maximum absolute atomic E-state index is 13.4. The molecule has 2 aromatic heterocycles. The van der Waals surface area contributed by atoms with Gasteiger partial charge in [-0.25, -0.2) is 9.97 Å². The highest BCUT2D eigenvalue weighted by molar-refractivity contribution is 5.86. The summed E-state index contributed by atoms with van der Waals surface area (Å²) in [5, 5.41) is 19.0. The van der Waals surface area contributed by atoms with Crippen LogP contribution >= 0.6 is 0 Å². The number of nitrogens with zero attached hydrogens (tertiary/aromatic N) is 6. The van der Waals surface area contributed by atoms with Gasteiger partial charge in [-0.1, -0.05) is 24.3 Å². The topological polar surface area (TPSA) is 121 Å². The number of amides is 1. The molecule has 0 radical (unpaired) electrons. The Morgan fingerprint density at radius 2 is 1.93 bits per heavy atom. The largest absolute Gasteiger partial charge is 0.403 e. The normalized spacial score (nSPS) is 16.8. The van der Waals surface area contributed by atoms with Crippen molar-refractivity contribution in [1.29, 1.82) is 5.26 Å². The van der Waals surface area contributed by atoms with Gasteiger partial charge in [0, 0.05) is 31.0 Å². The number of halogens is 3. The Morgan fingerprint density at radius 3 is 2.59 bits per heavy atom. The molecule has 10 nitrogen and oxygen atoms in total. The van der Waals surface area contributed by atoms with Gasteiger partial charge in [0.15, 0.2) is 0 Å². The number of alkyl halides is 3. The molecular weight excluding hydrogens is 537 g/mol. The molecule has 1 aromatic carbocycles. The smallest absolute Gasteiger partial charge is 0.362 e. The highest BCUT2D eigenvalue weighted by Crippen LogP contribution is 2.58. The van der Waals surface area contributed by atoms with Gasteiger partial charge in [-0.3, -0.25) is 14.8 Å². The third kappa shape index (κ3) is 6.34. The van der Waals surface area contributed by atoms with Crippen molar-refractivity contribution in [3.05, 3.63) is 54.0 Å². The molecule has 1 aliphatic carbocycles. The van der Waals surface area contributed by atoms with Crippen LogP contribution in [0, 0.1) is 23.7 Å². The van der Waals surface area contributed by atoms with E-state index in [0.717, 1.165) is 22.4 Å². The Morgan fingerprint density at radius 1 is 1.20 bits per heavy atom. The molecule has 41 heavy (non-hydrogen) atoms. The first-order valence-electron chi connectivity index (χ1n) is 13.5. The van der Waals surface area contributed by atoms with Gasteiger partial charge < -0.3 is 15.0 Å². The average molecular weight is 569 g/mol. The van der Waals surface area contributed by atoms with E-state index in [9.17, 15) is 18.0 Å². The number of anilines is 2. The number of benzene rings is 1. The van der Waals surface area contributed by atoms with E-state index in [0.29, 0.717) is 37.8 Å². The zero-order valence-corrected chi connectivity index (χ0v) is 22.6. The van der Waals surface area contributed by atoms with E-state index in [1.807, 2.05) is 43.5 Å². The SMILES string of the molecule is Cc1cnc(Nc2cnn(C3CCN(C(=O)C4(C(F)(F)F)CC4)CC3)c2)nc1-c1ccc(COCNCC#N)cc1. The minimum Gasteiger partial charge on any atom is -0.362 e. The van der Waals surface area contributed by atoms with E-state index in [1.54, 1.807) is 17.1 Å². The van der Waals surface area contributed by atoms with E-state index < -0.39 is 17.5 Å². The number of carbonyl (C=O) groups is 1. The van der Waals surface area contributed by atoms with Crippen molar-refractivity contribution in [2.45, 2.75) is 51.4 Å². The Bertz CT molecular complexity index is 1400. The van der Waals surface area contributed by atoms with Gasteiger partial charge in [-0.05, 0) is 43.7 Å². The summed E-state index contributed by atoms with van der Waals surface area (Å²) in [6.45, 7) is 3.44. The standard InChI is InChI=1S/C28H31F3N8O2/c1-19-14-34-26(37-24(19)21-4-2-20(3-5-21)17-41-18-33-11-10-32)36-22-15-35-39(16-22)23-6-12-38(13-7-23)25(40)27(8-9-27)28(29,30)31/h2-5,14-16,23,33H,6-9,11-13,17-18H2,1H3,(H,34,36,37). The van der Waals surface area contributed by atoms with Crippen LogP contribution in [-0.2, 0) is 16.1 Å². The molecule has 1 saturated carbocycles. The van der Waals surface area contributed by atoms with Crippen molar-refractivity contribution >= 4 is 17.5 Å². The van der Waals surface area contributed by atoms with E-state index in [1.165, 1.54) is 4.90 Å². The number of hydrogen-bond acceptors (Lipinski definition) is 8. The lowest BCUT2D eigenvalue weighted by molar-refractivity contribution is -0.199. The average Bonchev–Trinajstić information content (AvgIpc) is 3.67.